The summed E-state index contributed by atoms with van der Waals surface area (Å²) in [4.78, 5) is 0. The third kappa shape index (κ3) is 10.1. The fourth-order valence-electron chi connectivity index (χ4n) is 6.25. The molecule has 22 heteroatoms. The summed E-state index contributed by atoms with van der Waals surface area (Å²) >= 11 is 0. The maximum Gasteiger partial charge on any atom is 0.416 e. The Balaban J connectivity index is 1.99. The Morgan fingerprint density at radius 1 is 0.266 bits per heavy atom. The van der Waals surface area contributed by atoms with E-state index in [-0.39, 0.29) is 60.7 Å². The smallest absolute Gasteiger partial charge is 0.192 e. The lowest BCUT2D eigenvalue weighted by atomic mass is 9.88. The van der Waals surface area contributed by atoms with Crippen molar-refractivity contribution < 1.29 is 79.0 Å². The zero-order valence-corrected chi connectivity index (χ0v) is 30.7. The van der Waals surface area contributed by atoms with Crippen LogP contribution in [0.5, 0.6) is 0 Å². The number of halogens is 18. The Kier molecular flexibility index (Phi) is 12.2. The summed E-state index contributed by atoms with van der Waals surface area (Å²) in [7, 11) is 0. The van der Waals surface area contributed by atoms with Crippen LogP contribution in [-0.4, -0.2) is 0 Å². The summed E-state index contributed by atoms with van der Waals surface area (Å²) in [6, 6.07) is 7.92. The highest BCUT2D eigenvalue weighted by Gasteiger charge is 2.40. The van der Waals surface area contributed by atoms with E-state index in [1.54, 1.807) is 0 Å². The van der Waals surface area contributed by atoms with Crippen LogP contribution in [-0.2, 0) is 37.1 Å². The van der Waals surface area contributed by atoms with Crippen LogP contribution in [0, 0.1) is 45.3 Å². The number of hydrogen-bond donors (Lipinski definition) is 0. The van der Waals surface area contributed by atoms with Gasteiger partial charge in [-0.2, -0.15) is 100 Å². The molecule has 0 N–H and O–H groups in total. The van der Waals surface area contributed by atoms with Crippen LogP contribution in [0.2, 0.25) is 0 Å². The summed E-state index contributed by atoms with van der Waals surface area (Å²) in [5.74, 6) is 0. The molecule has 0 radical (unpaired) electrons. The molecule has 0 aliphatic heterocycles. The minimum Gasteiger partial charge on any atom is -0.192 e. The lowest BCUT2D eigenvalue weighted by molar-refractivity contribution is -0.144. The number of benzene rings is 5. The van der Waals surface area contributed by atoms with E-state index in [0.717, 1.165) is 0 Å². The second kappa shape index (κ2) is 16.3. The van der Waals surface area contributed by atoms with Crippen LogP contribution >= 0.6 is 0 Å². The molecule has 0 heterocycles. The van der Waals surface area contributed by atoms with Crippen LogP contribution in [0.4, 0.5) is 79.0 Å². The molecule has 0 saturated heterocycles. The van der Waals surface area contributed by atoms with Crippen molar-refractivity contribution in [1.29, 1.82) is 21.0 Å². The van der Waals surface area contributed by atoms with Crippen LogP contribution < -0.4 is 10.4 Å². The zero-order valence-electron chi connectivity index (χ0n) is 30.7. The Hall–Kier alpha value is -7.46. The topological polar surface area (TPSA) is 95.2 Å². The van der Waals surface area contributed by atoms with Crippen LogP contribution in [0.1, 0.15) is 33.4 Å². The third-order valence-electron chi connectivity index (χ3n) is 9.13. The Bertz CT molecular complexity index is 2710. The van der Waals surface area contributed by atoms with Gasteiger partial charge in [-0.05, 0) is 129 Å². The van der Waals surface area contributed by atoms with E-state index in [1.807, 2.05) is 0 Å². The standard InChI is InChI=1S/C42H14F18N4/c43-37(44,45)27-3-19(21-5-29(39(49,50)51)11-30(6-21)40(52,53)54)1-23(9-27)33-13-36(26(17-63)18-64)34(14-35(33)25(15-61)16-62)24-2-20(4-28(10-24)38(46,47)48)22-7-31(41(55,56)57)12-32(8-22)42(58,59)60/h1-14H. The molecule has 0 unspecified atom stereocenters. The van der Waals surface area contributed by atoms with Gasteiger partial charge in [0.1, 0.15) is 35.4 Å². The van der Waals surface area contributed by atoms with E-state index < -0.39 is 137 Å². The number of nitrogens with zero attached hydrogens (tertiary/aromatic N) is 4. The van der Waals surface area contributed by atoms with Crippen molar-refractivity contribution in [2.24, 2.45) is 0 Å². The molecule has 5 aromatic rings. The molecule has 5 rings (SSSR count). The maximum atomic E-state index is 14.4. The molecule has 328 valence electrons. The van der Waals surface area contributed by atoms with Gasteiger partial charge in [0.15, 0.2) is 0 Å². The molecule has 0 spiro atoms. The van der Waals surface area contributed by atoms with Gasteiger partial charge in [0.25, 0.3) is 0 Å². The molecular formula is C42H14F18N4. The van der Waals surface area contributed by atoms with E-state index >= 15 is 0 Å². The van der Waals surface area contributed by atoms with Crippen LogP contribution in [0.25, 0.3) is 55.7 Å². The molecule has 64 heavy (non-hydrogen) atoms. The normalized spacial score (nSPS) is 12.5. The van der Waals surface area contributed by atoms with Crippen molar-refractivity contribution in [2.75, 3.05) is 0 Å². The Labute approximate surface area is 345 Å². The lowest BCUT2D eigenvalue weighted by Crippen LogP contribution is -2.20. The van der Waals surface area contributed by atoms with Crippen molar-refractivity contribution in [3.8, 4) is 68.8 Å². The summed E-state index contributed by atoms with van der Waals surface area (Å²) in [5, 5.41) is 37.9. The summed E-state index contributed by atoms with van der Waals surface area (Å²) in [5.41, 5.74) is -21.2. The third-order valence-corrected chi connectivity index (χ3v) is 9.13. The number of alkyl halides is 18. The van der Waals surface area contributed by atoms with E-state index in [1.165, 1.54) is 24.3 Å². The molecule has 0 bridgehead atoms. The monoisotopic (exact) mass is 916 g/mol. The molecule has 0 saturated carbocycles. The highest BCUT2D eigenvalue weighted by molar-refractivity contribution is 5.87. The van der Waals surface area contributed by atoms with Crippen molar-refractivity contribution >= 4 is 11.1 Å². The maximum absolute atomic E-state index is 14.4. The zero-order chi connectivity index (χ0) is 48.1. The minimum absolute atomic E-state index is 0.0661. The fourth-order valence-corrected chi connectivity index (χ4v) is 6.25. The molecule has 0 aliphatic carbocycles. The van der Waals surface area contributed by atoms with E-state index in [9.17, 15) is 100 Å². The molecule has 4 nitrogen and oxygen atoms in total. The van der Waals surface area contributed by atoms with Crippen molar-refractivity contribution in [3.05, 3.63) is 129 Å². The molecular weight excluding hydrogens is 902 g/mol. The Morgan fingerprint density at radius 2 is 0.453 bits per heavy atom. The predicted octanol–water partition coefficient (Wildman–Crippen LogP) is 12.9. The molecule has 0 fully saturated rings. The fraction of sp³-hybridized carbons (Fsp3) is 0.143. The van der Waals surface area contributed by atoms with Crippen LogP contribution in [0.15, 0.2) is 84.9 Å². The van der Waals surface area contributed by atoms with Gasteiger partial charge in [0.2, 0.25) is 0 Å². The van der Waals surface area contributed by atoms with Gasteiger partial charge >= 0.3 is 37.1 Å². The van der Waals surface area contributed by atoms with Crippen molar-refractivity contribution in [2.45, 2.75) is 37.1 Å². The van der Waals surface area contributed by atoms with Gasteiger partial charge in [-0.25, -0.2) is 0 Å². The minimum atomic E-state index is -5.49. The lowest BCUT2D eigenvalue weighted by Gasteiger charge is -2.18. The van der Waals surface area contributed by atoms with Crippen molar-refractivity contribution in [3.63, 3.8) is 0 Å². The highest BCUT2D eigenvalue weighted by atomic mass is 19.4. The Morgan fingerprint density at radius 3 is 0.656 bits per heavy atom. The van der Waals surface area contributed by atoms with E-state index in [2.05, 4.69) is 0 Å². The number of nitriles is 4. The van der Waals surface area contributed by atoms with Crippen LogP contribution in [0.3, 0.4) is 0 Å². The first kappa shape index (κ1) is 47.6. The second-order valence-electron chi connectivity index (χ2n) is 13.3. The van der Waals surface area contributed by atoms with Gasteiger partial charge in [-0.3, -0.25) is 0 Å². The summed E-state index contributed by atoms with van der Waals surface area (Å²) in [6.45, 7) is 0. The molecule has 5 aromatic carbocycles. The average molecular weight is 917 g/mol. The average Bonchev–Trinajstić information content (AvgIpc) is 3.19. The van der Waals surface area contributed by atoms with Gasteiger partial charge in [0.05, 0.1) is 33.4 Å². The first-order chi connectivity index (χ1) is 29.3. The predicted molar refractivity (Wildman–Crippen MR) is 187 cm³/mol. The molecule has 0 amide bonds. The van der Waals surface area contributed by atoms with E-state index in [0.29, 0.717) is 24.3 Å². The largest absolute Gasteiger partial charge is 0.416 e. The molecule has 0 aliphatic rings. The van der Waals surface area contributed by atoms with Gasteiger partial charge in [0, 0.05) is 10.4 Å². The van der Waals surface area contributed by atoms with E-state index in [4.69, 9.17) is 0 Å². The van der Waals surface area contributed by atoms with Gasteiger partial charge in [-0.15, -0.1) is 0 Å². The molecule has 0 atom stereocenters. The summed E-state index contributed by atoms with van der Waals surface area (Å²) in [6.07, 6.45) is -32.9. The van der Waals surface area contributed by atoms with Crippen molar-refractivity contribution in [1.82, 2.24) is 0 Å². The SMILES string of the molecule is N#CC(C#N)=c1cc(-c2cc(-c3cc(C(F)(F)F)cc(C(F)(F)F)c3)cc(C(F)(F)F)c2)c(=C(C#N)C#N)cc1-c1cc(-c2cc(C(F)(F)F)cc(C(F)(F)F)c2)cc(C(F)(F)F)c1. The molecule has 0 aromatic heterocycles. The summed E-state index contributed by atoms with van der Waals surface area (Å²) < 4.78 is 252. The first-order valence-electron chi connectivity index (χ1n) is 16.9. The quantitative estimate of drug-likeness (QED) is 0.168. The second-order valence-corrected chi connectivity index (χ2v) is 13.3. The van der Waals surface area contributed by atoms with Gasteiger partial charge < -0.3 is 0 Å². The first-order valence-corrected chi connectivity index (χ1v) is 16.9. The number of hydrogen-bond acceptors (Lipinski definition) is 4. The number of rotatable bonds is 4. The highest BCUT2D eigenvalue weighted by Crippen LogP contribution is 2.44. The van der Waals surface area contributed by atoms with Gasteiger partial charge in [-0.1, -0.05) is 0 Å².